The average molecular weight is 296 g/mol. The van der Waals surface area contributed by atoms with E-state index in [2.05, 4.69) is 0 Å². The fraction of sp³-hybridized carbons (Fsp3) is 0.143. The molecule has 100 valence electrons. The highest BCUT2D eigenvalue weighted by molar-refractivity contribution is 7.91. The molecular weight excluding hydrogens is 282 g/mol. The Hall–Kier alpha value is -1.52. The number of nitrogen functional groups attached to an aromatic ring is 1. The fourth-order valence-corrected chi connectivity index (χ4v) is 3.93. The Morgan fingerprint density at radius 1 is 1.11 bits per heavy atom. The molecule has 2 rings (SSSR count). The van der Waals surface area contributed by atoms with Gasteiger partial charge in [0.15, 0.2) is 9.84 Å². The molecule has 19 heavy (non-hydrogen) atoms. The molecule has 2 aromatic rings. The Balaban J connectivity index is 2.41. The zero-order valence-corrected chi connectivity index (χ0v) is 12.0. The van der Waals surface area contributed by atoms with Crippen LogP contribution in [-0.4, -0.2) is 8.42 Å². The summed E-state index contributed by atoms with van der Waals surface area (Å²) in [5.74, 6) is -0.110. The second-order valence-corrected chi connectivity index (χ2v) is 6.74. The molecule has 0 unspecified atom stereocenters. The van der Waals surface area contributed by atoms with E-state index in [1.54, 1.807) is 18.2 Å². The molecule has 0 aliphatic rings. The summed E-state index contributed by atoms with van der Waals surface area (Å²) in [6, 6.07) is 12.0. The molecule has 0 spiro atoms. The first-order valence-corrected chi connectivity index (χ1v) is 7.75. The molecule has 0 aliphatic heterocycles. The number of sulfone groups is 1. The summed E-state index contributed by atoms with van der Waals surface area (Å²) in [5.41, 5.74) is 7.70. The predicted octanol–water partition coefficient (Wildman–Crippen LogP) is 3.20. The molecule has 5 heteroatoms. The van der Waals surface area contributed by atoms with Crippen LogP contribution in [0.25, 0.3) is 0 Å². The number of rotatable bonds is 3. The minimum atomic E-state index is -3.54. The van der Waals surface area contributed by atoms with Crippen LogP contribution in [0.4, 0.5) is 5.69 Å². The van der Waals surface area contributed by atoms with Crippen LogP contribution < -0.4 is 5.73 Å². The van der Waals surface area contributed by atoms with Crippen molar-refractivity contribution < 1.29 is 8.42 Å². The van der Waals surface area contributed by atoms with Crippen LogP contribution in [0.5, 0.6) is 0 Å². The minimum Gasteiger partial charge on any atom is -0.398 e. The Kier molecular flexibility index (Phi) is 3.83. The molecule has 0 saturated carbocycles. The topological polar surface area (TPSA) is 60.2 Å². The molecule has 0 fully saturated rings. The van der Waals surface area contributed by atoms with Gasteiger partial charge in [-0.25, -0.2) is 8.42 Å². The van der Waals surface area contributed by atoms with Gasteiger partial charge in [-0.2, -0.15) is 0 Å². The van der Waals surface area contributed by atoms with Gasteiger partial charge in [-0.3, -0.25) is 0 Å². The number of nitrogens with two attached hydrogens (primary N) is 1. The van der Waals surface area contributed by atoms with Crippen molar-refractivity contribution in [2.24, 2.45) is 0 Å². The lowest BCUT2D eigenvalue weighted by molar-refractivity contribution is 0.595. The summed E-state index contributed by atoms with van der Waals surface area (Å²) < 4.78 is 24.7. The van der Waals surface area contributed by atoms with Crippen LogP contribution in [0.3, 0.4) is 0 Å². The molecule has 0 bridgehead atoms. The van der Waals surface area contributed by atoms with E-state index in [-0.39, 0.29) is 21.4 Å². The van der Waals surface area contributed by atoms with Crippen molar-refractivity contribution in [3.63, 3.8) is 0 Å². The van der Waals surface area contributed by atoms with Crippen LogP contribution >= 0.6 is 11.6 Å². The minimum absolute atomic E-state index is 0.0113. The fourth-order valence-electron chi connectivity index (χ4n) is 1.83. The molecule has 2 N–H and O–H groups in total. The monoisotopic (exact) mass is 295 g/mol. The van der Waals surface area contributed by atoms with Gasteiger partial charge in [-0.15, -0.1) is 0 Å². The SMILES string of the molecule is Cc1ccc(CS(=O)(=O)c2c(N)cccc2Cl)cc1. The smallest absolute Gasteiger partial charge is 0.186 e. The third-order valence-corrected chi connectivity index (χ3v) is 5.00. The van der Waals surface area contributed by atoms with Crippen LogP contribution in [0.2, 0.25) is 5.02 Å². The van der Waals surface area contributed by atoms with Gasteiger partial charge in [0.25, 0.3) is 0 Å². The third kappa shape index (κ3) is 3.08. The number of halogens is 1. The summed E-state index contributed by atoms with van der Waals surface area (Å²) in [4.78, 5) is 0.0113. The second kappa shape index (κ2) is 5.23. The van der Waals surface area contributed by atoms with Crippen LogP contribution in [0.15, 0.2) is 47.4 Å². The quantitative estimate of drug-likeness (QED) is 0.885. The Morgan fingerprint density at radius 2 is 1.74 bits per heavy atom. The van der Waals surface area contributed by atoms with Crippen molar-refractivity contribution in [1.82, 2.24) is 0 Å². The molecule has 0 amide bonds. The van der Waals surface area contributed by atoms with Crippen molar-refractivity contribution in [3.8, 4) is 0 Å². The maximum Gasteiger partial charge on any atom is 0.186 e. The largest absolute Gasteiger partial charge is 0.398 e. The lowest BCUT2D eigenvalue weighted by atomic mass is 10.2. The van der Waals surface area contributed by atoms with E-state index < -0.39 is 9.84 Å². The number of benzene rings is 2. The van der Waals surface area contributed by atoms with Crippen molar-refractivity contribution in [2.45, 2.75) is 17.6 Å². The number of anilines is 1. The standard InChI is InChI=1S/C14H14ClNO2S/c1-10-5-7-11(8-6-10)9-19(17,18)14-12(15)3-2-4-13(14)16/h2-8H,9,16H2,1H3. The molecule has 0 aromatic heterocycles. The first-order valence-electron chi connectivity index (χ1n) is 5.72. The Labute approximate surface area is 117 Å². The first-order chi connectivity index (χ1) is 8.90. The molecule has 0 heterocycles. The molecule has 0 radical (unpaired) electrons. The highest BCUT2D eigenvalue weighted by Gasteiger charge is 2.21. The van der Waals surface area contributed by atoms with E-state index in [4.69, 9.17) is 17.3 Å². The first kappa shape index (κ1) is 13.9. The van der Waals surface area contributed by atoms with Crippen molar-refractivity contribution in [1.29, 1.82) is 0 Å². The van der Waals surface area contributed by atoms with Gasteiger partial charge >= 0.3 is 0 Å². The zero-order valence-electron chi connectivity index (χ0n) is 10.4. The summed E-state index contributed by atoms with van der Waals surface area (Å²) in [7, 11) is -3.54. The van der Waals surface area contributed by atoms with Crippen LogP contribution in [0.1, 0.15) is 11.1 Å². The summed E-state index contributed by atoms with van der Waals surface area (Å²) in [6.07, 6.45) is 0. The molecule has 0 atom stereocenters. The highest BCUT2D eigenvalue weighted by Crippen LogP contribution is 2.29. The van der Waals surface area contributed by atoms with Crippen LogP contribution in [-0.2, 0) is 15.6 Å². The van der Waals surface area contributed by atoms with E-state index in [1.807, 2.05) is 19.1 Å². The van der Waals surface area contributed by atoms with Gasteiger partial charge in [-0.1, -0.05) is 47.5 Å². The van der Waals surface area contributed by atoms with Gasteiger partial charge < -0.3 is 5.73 Å². The maximum atomic E-state index is 12.4. The maximum absolute atomic E-state index is 12.4. The zero-order chi connectivity index (χ0) is 14.0. The lowest BCUT2D eigenvalue weighted by Gasteiger charge is -2.09. The van der Waals surface area contributed by atoms with Gasteiger partial charge in [0.05, 0.1) is 16.5 Å². The van der Waals surface area contributed by atoms with Crippen molar-refractivity contribution >= 4 is 27.1 Å². The molecule has 0 saturated heterocycles. The van der Waals surface area contributed by atoms with E-state index in [0.717, 1.165) is 5.56 Å². The predicted molar refractivity (Wildman–Crippen MR) is 77.9 cm³/mol. The second-order valence-electron chi connectivity index (χ2n) is 4.40. The van der Waals surface area contributed by atoms with Crippen molar-refractivity contribution in [3.05, 3.63) is 58.6 Å². The third-order valence-electron chi connectivity index (χ3n) is 2.79. The van der Waals surface area contributed by atoms with Gasteiger partial charge in [0.2, 0.25) is 0 Å². The Morgan fingerprint density at radius 3 is 2.32 bits per heavy atom. The molecule has 0 aliphatic carbocycles. The van der Waals surface area contributed by atoms with Gasteiger partial charge in [0.1, 0.15) is 4.90 Å². The summed E-state index contributed by atoms with van der Waals surface area (Å²) >= 11 is 5.95. The van der Waals surface area contributed by atoms with E-state index in [9.17, 15) is 8.42 Å². The van der Waals surface area contributed by atoms with E-state index in [1.165, 1.54) is 12.1 Å². The Bertz CT molecular complexity index is 674. The van der Waals surface area contributed by atoms with E-state index in [0.29, 0.717) is 5.56 Å². The van der Waals surface area contributed by atoms with E-state index >= 15 is 0 Å². The number of hydrogen-bond donors (Lipinski definition) is 1. The van der Waals surface area contributed by atoms with Crippen molar-refractivity contribution in [2.75, 3.05) is 5.73 Å². The highest BCUT2D eigenvalue weighted by atomic mass is 35.5. The molecular formula is C14H14ClNO2S. The summed E-state index contributed by atoms with van der Waals surface area (Å²) in [6.45, 7) is 1.95. The van der Waals surface area contributed by atoms with Crippen LogP contribution in [0, 0.1) is 6.92 Å². The molecule has 3 nitrogen and oxygen atoms in total. The van der Waals surface area contributed by atoms with Gasteiger partial charge in [-0.05, 0) is 24.6 Å². The normalized spacial score (nSPS) is 11.5. The van der Waals surface area contributed by atoms with Gasteiger partial charge in [0, 0.05) is 0 Å². The molecule has 2 aromatic carbocycles. The lowest BCUT2D eigenvalue weighted by Crippen LogP contribution is -2.08. The number of aryl methyl sites for hydroxylation is 1. The average Bonchev–Trinajstić information content (AvgIpc) is 2.31. The number of hydrogen-bond acceptors (Lipinski definition) is 3. The summed E-state index contributed by atoms with van der Waals surface area (Å²) in [5, 5.41) is 0.159.